The van der Waals surface area contributed by atoms with E-state index in [1.54, 1.807) is 0 Å². The molecular weight excluding hydrogens is 694 g/mol. The van der Waals surface area contributed by atoms with Crippen molar-refractivity contribution in [2.24, 2.45) is 62.6 Å². The summed E-state index contributed by atoms with van der Waals surface area (Å²) < 4.78 is 20.5. The molecule has 0 radical (unpaired) electrons. The normalized spacial score (nSPS) is 40.5. The Morgan fingerprint density at radius 1 is 0.893 bits per heavy atom. The van der Waals surface area contributed by atoms with Gasteiger partial charge in [0.05, 0.1) is 11.0 Å². The molecule has 6 aliphatic rings. The third kappa shape index (κ3) is 6.62. The quantitative estimate of drug-likeness (QED) is 0.208. The van der Waals surface area contributed by atoms with Gasteiger partial charge in [0.1, 0.15) is 13.3 Å². The molecule has 0 saturated heterocycles. The van der Waals surface area contributed by atoms with E-state index in [9.17, 15) is 14.3 Å². The maximum atomic E-state index is 14.8. The maximum Gasteiger partial charge on any atom is 0.315 e. The predicted molar refractivity (Wildman–Crippen MR) is 227 cm³/mol. The molecule has 0 aromatic heterocycles. The number of benzene rings is 1. The number of halogens is 1. The highest BCUT2D eigenvalue weighted by Crippen LogP contribution is 2.76. The molecule has 0 aliphatic heterocycles. The van der Waals surface area contributed by atoms with E-state index < -0.39 is 23.7 Å². The second kappa shape index (κ2) is 15.2. The lowest BCUT2D eigenvalue weighted by Crippen LogP contribution is -2.68. The van der Waals surface area contributed by atoms with Gasteiger partial charge in [0, 0.05) is 5.54 Å². The zero-order chi connectivity index (χ0) is 40.4. The fourth-order valence-corrected chi connectivity index (χ4v) is 15.4. The first kappa shape index (κ1) is 42.2. The number of hydrogen-bond acceptors (Lipinski definition) is 4. The molecule has 10 atom stereocenters. The van der Waals surface area contributed by atoms with Crippen LogP contribution in [-0.4, -0.2) is 35.4 Å². The predicted octanol–water partition coefficient (Wildman–Crippen LogP) is 12.4. The molecule has 0 bridgehead atoms. The summed E-state index contributed by atoms with van der Waals surface area (Å²) in [4.78, 5) is 13.4. The second-order valence-corrected chi connectivity index (χ2v) is 21.9. The lowest BCUT2D eigenvalue weighted by molar-refractivity contribution is -0.223. The van der Waals surface area contributed by atoms with Gasteiger partial charge >= 0.3 is 5.97 Å². The summed E-state index contributed by atoms with van der Waals surface area (Å²) in [7, 11) is 0. The molecule has 2 N–H and O–H groups in total. The van der Waals surface area contributed by atoms with Crippen LogP contribution in [0, 0.1) is 62.6 Å². The van der Waals surface area contributed by atoms with Crippen molar-refractivity contribution in [3.63, 3.8) is 0 Å². The van der Waals surface area contributed by atoms with Crippen molar-refractivity contribution in [2.45, 2.75) is 176 Å². The highest BCUT2D eigenvalue weighted by atomic mass is 19.1. The number of carbonyl (C=O) groups excluding carboxylic acids is 1. The lowest BCUT2D eigenvalue weighted by Gasteiger charge is -2.72. The molecule has 0 unspecified atom stereocenters. The van der Waals surface area contributed by atoms with E-state index in [4.69, 9.17) is 4.74 Å². The van der Waals surface area contributed by atoms with E-state index in [0.717, 1.165) is 56.0 Å². The molecule has 5 heteroatoms. The standard InChI is InChI=1S/C51H78FNO3/c1-10-50(55,11-2)31-32-53-51-28-21-38(35(3)4)43(51)40-17-18-42-46(7)24-22-39(45(5,6)41(46)23-25-48(42,9)47(40,8)29-30-51)37-19-26-49(34-52,27-20-37)44(54)56-33-36-15-13-12-14-16-36/h12-16,19,22,35,38,40-43,53,55H,10-11,17-18,20-21,23-34H2,1-9H3/t38-,40+,41-,42+,43+,46-,47+,48+,49-,51-/m0/s1. The van der Waals surface area contributed by atoms with E-state index >= 15 is 0 Å². The molecule has 312 valence electrons. The zero-order valence-corrected chi connectivity index (χ0v) is 36.9. The number of esters is 1. The summed E-state index contributed by atoms with van der Waals surface area (Å²) in [5.41, 5.74) is 3.18. The van der Waals surface area contributed by atoms with Crippen LogP contribution in [0.15, 0.2) is 53.6 Å². The van der Waals surface area contributed by atoms with Crippen molar-refractivity contribution < 1.29 is 19.0 Å². The number of hydrogen-bond donors (Lipinski definition) is 2. The highest BCUT2D eigenvalue weighted by molar-refractivity contribution is 5.78. The summed E-state index contributed by atoms with van der Waals surface area (Å²) in [6.45, 7) is 22.9. The number of allylic oxidation sites excluding steroid dienone is 4. The molecule has 4 fully saturated rings. The van der Waals surface area contributed by atoms with Gasteiger partial charge in [-0.25, -0.2) is 4.39 Å². The van der Waals surface area contributed by atoms with Crippen molar-refractivity contribution in [2.75, 3.05) is 13.2 Å². The monoisotopic (exact) mass is 772 g/mol. The van der Waals surface area contributed by atoms with Crippen LogP contribution in [0.25, 0.3) is 0 Å². The second-order valence-electron chi connectivity index (χ2n) is 21.9. The molecule has 0 heterocycles. The molecule has 1 aromatic carbocycles. The topological polar surface area (TPSA) is 58.6 Å². The largest absolute Gasteiger partial charge is 0.460 e. The van der Waals surface area contributed by atoms with Crippen molar-refractivity contribution in [1.82, 2.24) is 5.32 Å². The van der Waals surface area contributed by atoms with Crippen molar-refractivity contribution in [3.8, 4) is 0 Å². The molecule has 0 spiro atoms. The first-order valence-electron chi connectivity index (χ1n) is 23.1. The average molecular weight is 772 g/mol. The third-order valence-electron chi connectivity index (χ3n) is 19.2. The van der Waals surface area contributed by atoms with Crippen LogP contribution in [0.4, 0.5) is 4.39 Å². The van der Waals surface area contributed by atoms with Crippen LogP contribution in [0.3, 0.4) is 0 Å². The Kier molecular flexibility index (Phi) is 11.5. The number of carbonyl (C=O) groups is 1. The first-order valence-corrected chi connectivity index (χ1v) is 23.1. The maximum absolute atomic E-state index is 14.8. The third-order valence-corrected chi connectivity index (χ3v) is 19.2. The van der Waals surface area contributed by atoms with E-state index in [-0.39, 0.29) is 23.0 Å². The van der Waals surface area contributed by atoms with Gasteiger partial charge in [0.2, 0.25) is 0 Å². The Balaban J connectivity index is 1.11. The fraction of sp³-hybridized carbons (Fsp3) is 0.784. The molecule has 4 nitrogen and oxygen atoms in total. The van der Waals surface area contributed by atoms with E-state index in [0.29, 0.717) is 47.3 Å². The van der Waals surface area contributed by atoms with Crippen molar-refractivity contribution in [1.29, 1.82) is 0 Å². The van der Waals surface area contributed by atoms with Crippen LogP contribution in [0.2, 0.25) is 0 Å². The Morgan fingerprint density at radius 2 is 1.62 bits per heavy atom. The molecule has 4 saturated carbocycles. The van der Waals surface area contributed by atoms with E-state index in [1.807, 2.05) is 30.3 Å². The number of aliphatic hydroxyl groups is 1. The molecule has 0 amide bonds. The van der Waals surface area contributed by atoms with Gasteiger partial charge in [-0.15, -0.1) is 0 Å². The van der Waals surface area contributed by atoms with Gasteiger partial charge in [0.25, 0.3) is 0 Å². The minimum atomic E-state index is -1.08. The van der Waals surface area contributed by atoms with Crippen LogP contribution >= 0.6 is 0 Å². The first-order chi connectivity index (χ1) is 26.5. The van der Waals surface area contributed by atoms with Crippen LogP contribution in [-0.2, 0) is 16.1 Å². The van der Waals surface area contributed by atoms with E-state index in [1.165, 1.54) is 62.5 Å². The molecular formula is C51H78FNO3. The van der Waals surface area contributed by atoms with E-state index in [2.05, 4.69) is 79.8 Å². The van der Waals surface area contributed by atoms with Gasteiger partial charge in [-0.05, 0) is 177 Å². The average Bonchev–Trinajstić information content (AvgIpc) is 3.57. The van der Waals surface area contributed by atoms with Gasteiger partial charge < -0.3 is 15.2 Å². The Labute approximate surface area is 340 Å². The summed E-state index contributed by atoms with van der Waals surface area (Å²) in [6, 6.07) is 9.71. The van der Waals surface area contributed by atoms with Crippen molar-refractivity contribution in [3.05, 3.63) is 59.2 Å². The van der Waals surface area contributed by atoms with Crippen LogP contribution in [0.5, 0.6) is 0 Å². The number of nitrogens with one attached hydrogen (secondary N) is 1. The fourth-order valence-electron chi connectivity index (χ4n) is 15.4. The molecule has 6 aliphatic carbocycles. The molecule has 1 aromatic rings. The number of alkyl halides is 1. The zero-order valence-electron chi connectivity index (χ0n) is 36.9. The number of fused-ring (bicyclic) bond motifs is 7. The molecule has 56 heavy (non-hydrogen) atoms. The summed E-state index contributed by atoms with van der Waals surface area (Å²) >= 11 is 0. The molecule has 7 rings (SSSR count). The van der Waals surface area contributed by atoms with Crippen LogP contribution < -0.4 is 5.32 Å². The van der Waals surface area contributed by atoms with Gasteiger partial charge in [0.15, 0.2) is 0 Å². The summed E-state index contributed by atoms with van der Waals surface area (Å²) in [5.74, 6) is 3.79. The number of rotatable bonds is 12. The Morgan fingerprint density at radius 3 is 2.27 bits per heavy atom. The summed E-state index contributed by atoms with van der Waals surface area (Å²) in [5, 5.41) is 15.4. The van der Waals surface area contributed by atoms with Crippen molar-refractivity contribution >= 4 is 5.97 Å². The van der Waals surface area contributed by atoms with Gasteiger partial charge in [-0.2, -0.15) is 0 Å². The van der Waals surface area contributed by atoms with Crippen LogP contribution in [0.1, 0.15) is 164 Å². The minimum absolute atomic E-state index is 0.0141. The Hall–Kier alpha value is -1.98. The Bertz CT molecular complexity index is 1640. The lowest BCUT2D eigenvalue weighted by atomic mass is 9.32. The van der Waals surface area contributed by atoms with Gasteiger partial charge in [-0.3, -0.25) is 4.79 Å². The minimum Gasteiger partial charge on any atom is -0.460 e. The SMILES string of the molecule is CCC(O)(CC)CCN[C@]12CC[C@@H](C(C)C)[C@@H]1[C@H]1CC[C@@H]3[C@@]4(C)CC=C(C5=CC[C@](CF)(C(=O)OCc6ccccc6)CC5)C(C)(C)[C@@H]4CC[C@@]3(C)[C@]1(C)CC2. The highest BCUT2D eigenvalue weighted by Gasteiger charge is 2.70. The van der Waals surface area contributed by atoms with Gasteiger partial charge in [-0.1, -0.05) is 105 Å². The summed E-state index contributed by atoms with van der Waals surface area (Å²) in [6.07, 6.45) is 20.5. The number of ether oxygens (including phenoxy) is 1. The smallest absolute Gasteiger partial charge is 0.315 e.